The minimum Gasteiger partial charge on any atom is -0.300 e. The lowest BCUT2D eigenvalue weighted by Crippen LogP contribution is -2.21. The van der Waals surface area contributed by atoms with Crippen LogP contribution in [0.2, 0.25) is 0 Å². The van der Waals surface area contributed by atoms with Crippen molar-refractivity contribution >= 4 is 11.8 Å². The van der Waals surface area contributed by atoms with Crippen LogP contribution >= 0.6 is 11.8 Å². The van der Waals surface area contributed by atoms with Gasteiger partial charge in [-0.1, -0.05) is 0 Å². The van der Waals surface area contributed by atoms with Crippen LogP contribution in [0.3, 0.4) is 0 Å². The Bertz CT molecular complexity index is 322. The number of aromatic nitrogens is 2. The second kappa shape index (κ2) is 3.01. The molecule has 1 fully saturated rings. The van der Waals surface area contributed by atoms with E-state index in [1.165, 1.54) is 5.75 Å². The number of aromatic amines is 1. The molecule has 0 bridgehead atoms. The lowest BCUT2D eigenvalue weighted by Gasteiger charge is -2.07. The second-order valence-electron chi connectivity index (χ2n) is 3.16. The number of thioether (sulfide) groups is 1. The maximum atomic E-state index is 11.3. The van der Waals surface area contributed by atoms with Crippen LogP contribution in [-0.4, -0.2) is 21.3 Å². The van der Waals surface area contributed by atoms with Crippen LogP contribution in [0.1, 0.15) is 18.2 Å². The van der Waals surface area contributed by atoms with Gasteiger partial charge in [-0.3, -0.25) is 9.89 Å². The molecule has 1 aromatic heterocycles. The lowest BCUT2D eigenvalue weighted by molar-refractivity contribution is 0.485. The van der Waals surface area contributed by atoms with Crippen LogP contribution in [0.25, 0.3) is 0 Å². The Morgan fingerprint density at radius 2 is 2.58 bits per heavy atom. The van der Waals surface area contributed by atoms with Crippen molar-refractivity contribution in [1.82, 2.24) is 9.78 Å². The van der Waals surface area contributed by atoms with E-state index in [1.54, 1.807) is 10.7 Å². The quantitative estimate of drug-likeness (QED) is 0.711. The first kappa shape index (κ1) is 7.98. The predicted octanol–water partition coefficient (Wildman–Crippen LogP) is 1.16. The lowest BCUT2D eigenvalue weighted by atomic mass is 10.3. The normalized spacial score (nSPS) is 23.2. The van der Waals surface area contributed by atoms with Gasteiger partial charge in [-0.05, 0) is 19.1 Å². The molecule has 1 unspecified atom stereocenters. The summed E-state index contributed by atoms with van der Waals surface area (Å²) in [7, 11) is 0. The van der Waals surface area contributed by atoms with Gasteiger partial charge in [0.1, 0.15) is 0 Å². The molecule has 1 N–H and O–H groups in total. The van der Waals surface area contributed by atoms with Gasteiger partial charge < -0.3 is 0 Å². The Balaban J connectivity index is 2.32. The van der Waals surface area contributed by atoms with Crippen LogP contribution in [0, 0.1) is 6.92 Å². The molecule has 0 radical (unpaired) electrons. The van der Waals surface area contributed by atoms with E-state index in [9.17, 15) is 4.79 Å². The van der Waals surface area contributed by atoms with Gasteiger partial charge in [0.15, 0.2) is 0 Å². The van der Waals surface area contributed by atoms with Crippen molar-refractivity contribution in [2.45, 2.75) is 19.4 Å². The van der Waals surface area contributed by atoms with Gasteiger partial charge in [0, 0.05) is 17.5 Å². The van der Waals surface area contributed by atoms with Crippen LogP contribution in [0.15, 0.2) is 10.9 Å². The average molecular weight is 184 g/mol. The van der Waals surface area contributed by atoms with Crippen LogP contribution in [0.5, 0.6) is 0 Å². The van der Waals surface area contributed by atoms with E-state index in [2.05, 4.69) is 5.10 Å². The summed E-state index contributed by atoms with van der Waals surface area (Å²) in [5.41, 5.74) is 1.07. The fourth-order valence-corrected chi connectivity index (χ4v) is 2.72. The van der Waals surface area contributed by atoms with Crippen LogP contribution in [0.4, 0.5) is 0 Å². The summed E-state index contributed by atoms with van der Waals surface area (Å²) in [5, 5.41) is 3.08. The van der Waals surface area contributed by atoms with Crippen molar-refractivity contribution in [3.05, 3.63) is 22.1 Å². The number of H-pyrrole nitrogens is 1. The molecule has 0 aliphatic carbocycles. The van der Waals surface area contributed by atoms with E-state index < -0.39 is 0 Å². The summed E-state index contributed by atoms with van der Waals surface area (Å²) in [6.45, 7) is 1.92. The molecule has 3 nitrogen and oxygen atoms in total. The second-order valence-corrected chi connectivity index (χ2v) is 4.31. The fraction of sp³-hybridized carbons (Fsp3) is 0.625. The number of hydrogen-bond acceptors (Lipinski definition) is 2. The van der Waals surface area contributed by atoms with Gasteiger partial charge in [0.25, 0.3) is 5.56 Å². The van der Waals surface area contributed by atoms with Crippen molar-refractivity contribution in [2.24, 2.45) is 0 Å². The number of rotatable bonds is 1. The molecular formula is C8H12N2OS. The summed E-state index contributed by atoms with van der Waals surface area (Å²) in [6.07, 6.45) is 1.12. The highest BCUT2D eigenvalue weighted by atomic mass is 32.2. The molecule has 0 aromatic carbocycles. The molecule has 2 heterocycles. The maximum absolute atomic E-state index is 11.3. The molecule has 1 atom stereocenters. The van der Waals surface area contributed by atoms with Crippen molar-refractivity contribution in [1.29, 1.82) is 0 Å². The number of nitrogens with one attached hydrogen (secondary N) is 1. The SMILES string of the molecule is Cc1cc(=O)n(C2CCSC2)[nH]1. The van der Waals surface area contributed by atoms with Crippen molar-refractivity contribution in [3.63, 3.8) is 0 Å². The van der Waals surface area contributed by atoms with Crippen molar-refractivity contribution in [2.75, 3.05) is 11.5 Å². The number of nitrogens with zero attached hydrogens (tertiary/aromatic N) is 1. The first-order chi connectivity index (χ1) is 5.77. The first-order valence-electron chi connectivity index (χ1n) is 4.13. The third kappa shape index (κ3) is 1.31. The highest BCUT2D eigenvalue weighted by molar-refractivity contribution is 7.99. The van der Waals surface area contributed by atoms with Gasteiger partial charge in [0.2, 0.25) is 0 Å². The molecule has 0 saturated carbocycles. The smallest absolute Gasteiger partial charge is 0.266 e. The Kier molecular flexibility index (Phi) is 2.00. The Morgan fingerprint density at radius 3 is 3.08 bits per heavy atom. The molecule has 2 rings (SSSR count). The molecule has 0 spiro atoms. The molecule has 66 valence electrons. The minimum atomic E-state index is 0.111. The van der Waals surface area contributed by atoms with Crippen LogP contribution < -0.4 is 5.56 Å². The first-order valence-corrected chi connectivity index (χ1v) is 5.29. The zero-order valence-corrected chi connectivity index (χ0v) is 7.86. The molecule has 0 amide bonds. The third-order valence-electron chi connectivity index (χ3n) is 2.15. The molecule has 1 aliphatic heterocycles. The molecule has 4 heteroatoms. The van der Waals surface area contributed by atoms with Gasteiger partial charge in [0.05, 0.1) is 6.04 Å². The highest BCUT2D eigenvalue weighted by Gasteiger charge is 2.18. The Labute approximate surface area is 75.1 Å². The monoisotopic (exact) mass is 184 g/mol. The van der Waals surface area contributed by atoms with E-state index >= 15 is 0 Å². The van der Waals surface area contributed by atoms with Crippen molar-refractivity contribution in [3.8, 4) is 0 Å². The average Bonchev–Trinajstić information content (AvgIpc) is 2.58. The van der Waals surface area contributed by atoms with Gasteiger partial charge >= 0.3 is 0 Å². The molecular weight excluding hydrogens is 172 g/mol. The van der Waals surface area contributed by atoms with Gasteiger partial charge in [-0.2, -0.15) is 11.8 Å². The molecule has 12 heavy (non-hydrogen) atoms. The Morgan fingerprint density at radius 1 is 1.75 bits per heavy atom. The minimum absolute atomic E-state index is 0.111. The largest absolute Gasteiger partial charge is 0.300 e. The maximum Gasteiger partial charge on any atom is 0.266 e. The van der Waals surface area contributed by atoms with Gasteiger partial charge in [-0.25, -0.2) is 4.68 Å². The summed E-state index contributed by atoms with van der Waals surface area (Å²) >= 11 is 1.92. The summed E-state index contributed by atoms with van der Waals surface area (Å²) in [5.74, 6) is 2.25. The number of hydrogen-bond donors (Lipinski definition) is 1. The molecule has 1 aromatic rings. The molecule has 1 saturated heterocycles. The summed E-state index contributed by atoms with van der Waals surface area (Å²) in [4.78, 5) is 11.3. The van der Waals surface area contributed by atoms with Crippen molar-refractivity contribution < 1.29 is 0 Å². The highest BCUT2D eigenvalue weighted by Crippen LogP contribution is 2.25. The fourth-order valence-electron chi connectivity index (χ4n) is 1.53. The van der Waals surface area contributed by atoms with E-state index in [4.69, 9.17) is 0 Å². The topological polar surface area (TPSA) is 37.8 Å². The van der Waals surface area contributed by atoms with E-state index in [-0.39, 0.29) is 5.56 Å². The van der Waals surface area contributed by atoms with Crippen LogP contribution in [-0.2, 0) is 0 Å². The predicted molar refractivity (Wildman–Crippen MR) is 50.8 cm³/mol. The van der Waals surface area contributed by atoms with Gasteiger partial charge in [-0.15, -0.1) is 0 Å². The zero-order valence-electron chi connectivity index (χ0n) is 7.04. The molecule has 1 aliphatic rings. The zero-order chi connectivity index (χ0) is 8.55. The summed E-state index contributed by atoms with van der Waals surface area (Å²) in [6, 6.07) is 2.05. The number of aryl methyl sites for hydroxylation is 1. The summed E-state index contributed by atoms with van der Waals surface area (Å²) < 4.78 is 1.76. The third-order valence-corrected chi connectivity index (χ3v) is 3.29. The van der Waals surface area contributed by atoms with E-state index in [0.29, 0.717) is 6.04 Å². The van der Waals surface area contributed by atoms with E-state index in [0.717, 1.165) is 17.9 Å². The van der Waals surface area contributed by atoms with E-state index in [1.807, 2.05) is 18.7 Å². The standard InChI is InChI=1S/C8H12N2OS/c1-6-4-8(11)10(9-6)7-2-3-12-5-7/h4,7,9H,2-3,5H2,1H3. The Hall–Kier alpha value is -0.640.